The Morgan fingerprint density at radius 1 is 1.06 bits per heavy atom. The number of alkyl halides is 1. The SMILES string of the molecule is CCc1ccc(CCOc2ccc(C3C(Br)C(=O)N3c3cc(F)cc(F)c3)cc2)nc1. The van der Waals surface area contributed by atoms with Crippen LogP contribution in [0.5, 0.6) is 5.75 Å². The van der Waals surface area contributed by atoms with Gasteiger partial charge in [0.1, 0.15) is 22.2 Å². The van der Waals surface area contributed by atoms with Gasteiger partial charge in [-0.15, -0.1) is 0 Å². The molecule has 2 aromatic carbocycles. The lowest BCUT2D eigenvalue weighted by Gasteiger charge is -2.45. The van der Waals surface area contributed by atoms with Gasteiger partial charge in [0.25, 0.3) is 0 Å². The zero-order valence-corrected chi connectivity index (χ0v) is 18.5. The van der Waals surface area contributed by atoms with Crippen LogP contribution in [-0.2, 0) is 17.6 Å². The zero-order valence-electron chi connectivity index (χ0n) is 16.9. The Bertz CT molecular complexity index is 1050. The quantitative estimate of drug-likeness (QED) is 0.331. The zero-order chi connectivity index (χ0) is 22.0. The molecule has 1 aliphatic rings. The lowest BCUT2D eigenvalue weighted by Crippen LogP contribution is -2.56. The number of amides is 1. The average molecular weight is 487 g/mol. The third-order valence-electron chi connectivity index (χ3n) is 5.30. The fraction of sp³-hybridized carbons (Fsp3) is 0.250. The lowest BCUT2D eigenvalue weighted by atomic mass is 9.92. The first-order valence-corrected chi connectivity index (χ1v) is 11.0. The van der Waals surface area contributed by atoms with Crippen LogP contribution in [0.3, 0.4) is 0 Å². The van der Waals surface area contributed by atoms with Crippen LogP contribution in [-0.4, -0.2) is 22.3 Å². The number of β-lactam (4-membered cyclic amide) rings is 1. The fourth-order valence-electron chi connectivity index (χ4n) is 3.58. The highest BCUT2D eigenvalue weighted by molar-refractivity contribution is 9.10. The lowest BCUT2D eigenvalue weighted by molar-refractivity contribution is -0.123. The molecule has 2 atom stereocenters. The van der Waals surface area contributed by atoms with E-state index in [4.69, 9.17) is 4.74 Å². The number of rotatable bonds is 7. The van der Waals surface area contributed by atoms with E-state index < -0.39 is 16.5 Å². The summed E-state index contributed by atoms with van der Waals surface area (Å²) in [6.07, 6.45) is 3.55. The Hall–Kier alpha value is -2.80. The Kier molecular flexibility index (Phi) is 6.32. The maximum absolute atomic E-state index is 13.6. The van der Waals surface area contributed by atoms with Crippen molar-refractivity contribution < 1.29 is 18.3 Å². The maximum Gasteiger partial charge on any atom is 0.243 e. The van der Waals surface area contributed by atoms with E-state index >= 15 is 0 Å². The van der Waals surface area contributed by atoms with Crippen LogP contribution >= 0.6 is 15.9 Å². The molecule has 0 aliphatic carbocycles. The van der Waals surface area contributed by atoms with E-state index in [2.05, 4.69) is 33.9 Å². The van der Waals surface area contributed by atoms with Gasteiger partial charge >= 0.3 is 0 Å². The Balaban J connectivity index is 1.41. The number of nitrogens with zero attached hydrogens (tertiary/aromatic N) is 2. The Labute approximate surface area is 188 Å². The second-order valence-corrected chi connectivity index (χ2v) is 8.35. The van der Waals surface area contributed by atoms with Crippen molar-refractivity contribution in [2.45, 2.75) is 30.6 Å². The van der Waals surface area contributed by atoms with Gasteiger partial charge in [-0.3, -0.25) is 9.78 Å². The van der Waals surface area contributed by atoms with E-state index in [9.17, 15) is 13.6 Å². The van der Waals surface area contributed by atoms with E-state index in [1.807, 2.05) is 36.5 Å². The highest BCUT2D eigenvalue weighted by Crippen LogP contribution is 2.43. The number of carbonyl (C=O) groups excluding carboxylic acids is 1. The molecule has 0 saturated carbocycles. The first-order valence-electron chi connectivity index (χ1n) is 10.1. The van der Waals surface area contributed by atoms with Crippen LogP contribution in [0.25, 0.3) is 0 Å². The van der Waals surface area contributed by atoms with Crippen LogP contribution < -0.4 is 9.64 Å². The number of hydrogen-bond acceptors (Lipinski definition) is 3. The molecule has 1 saturated heterocycles. The number of benzene rings is 2. The van der Waals surface area contributed by atoms with Crippen molar-refractivity contribution in [3.8, 4) is 5.75 Å². The summed E-state index contributed by atoms with van der Waals surface area (Å²) in [5, 5.41) is 0. The second kappa shape index (κ2) is 9.14. The summed E-state index contributed by atoms with van der Waals surface area (Å²) in [5.74, 6) is -0.977. The van der Waals surface area contributed by atoms with Gasteiger partial charge in [0.15, 0.2) is 0 Å². The standard InChI is InChI=1S/C24H21BrF2N2O2/c1-2-15-3-6-19(28-14-15)9-10-31-21-7-4-16(5-8-21)23-22(25)24(30)29(23)20-12-17(26)11-18(27)13-20/h3-8,11-14,22-23H,2,9-10H2,1H3. The van der Waals surface area contributed by atoms with Crippen molar-refractivity contribution in [1.29, 1.82) is 0 Å². The smallest absolute Gasteiger partial charge is 0.243 e. The van der Waals surface area contributed by atoms with Crippen molar-refractivity contribution in [2.75, 3.05) is 11.5 Å². The molecule has 3 aromatic rings. The molecular weight excluding hydrogens is 466 g/mol. The van der Waals surface area contributed by atoms with Gasteiger partial charge in [-0.05, 0) is 47.9 Å². The largest absolute Gasteiger partial charge is 0.493 e. The molecule has 4 nitrogen and oxygen atoms in total. The number of ether oxygens (including phenoxy) is 1. The predicted molar refractivity (Wildman–Crippen MR) is 119 cm³/mol. The number of aryl methyl sites for hydroxylation is 1. The topological polar surface area (TPSA) is 42.4 Å². The second-order valence-electron chi connectivity index (χ2n) is 7.36. The summed E-state index contributed by atoms with van der Waals surface area (Å²) in [4.78, 5) is 17.7. The molecule has 0 N–H and O–H groups in total. The molecule has 7 heteroatoms. The van der Waals surface area contributed by atoms with Crippen LogP contribution in [0.15, 0.2) is 60.8 Å². The summed E-state index contributed by atoms with van der Waals surface area (Å²) >= 11 is 3.38. The monoisotopic (exact) mass is 486 g/mol. The van der Waals surface area contributed by atoms with Crippen molar-refractivity contribution in [3.05, 3.63) is 89.2 Å². The van der Waals surface area contributed by atoms with Gasteiger partial charge in [0.05, 0.1) is 18.3 Å². The molecule has 2 heterocycles. The minimum absolute atomic E-state index is 0.199. The van der Waals surface area contributed by atoms with E-state index in [0.29, 0.717) is 18.8 Å². The predicted octanol–water partition coefficient (Wildman–Crippen LogP) is 5.40. The normalized spacial score (nSPS) is 18.1. The molecule has 1 fully saturated rings. The van der Waals surface area contributed by atoms with Gasteiger partial charge in [-0.1, -0.05) is 41.1 Å². The summed E-state index contributed by atoms with van der Waals surface area (Å²) < 4.78 is 33.1. The molecule has 1 amide bonds. The van der Waals surface area contributed by atoms with Crippen LogP contribution in [0, 0.1) is 11.6 Å². The highest BCUT2D eigenvalue weighted by Gasteiger charge is 2.47. The molecule has 160 valence electrons. The minimum Gasteiger partial charge on any atom is -0.493 e. The molecule has 1 aliphatic heterocycles. The maximum atomic E-state index is 13.6. The van der Waals surface area contributed by atoms with E-state index in [-0.39, 0.29) is 17.6 Å². The molecule has 31 heavy (non-hydrogen) atoms. The summed E-state index contributed by atoms with van der Waals surface area (Å²) in [5.41, 5.74) is 3.22. The highest BCUT2D eigenvalue weighted by atomic mass is 79.9. The number of carbonyl (C=O) groups is 1. The summed E-state index contributed by atoms with van der Waals surface area (Å²) in [6, 6.07) is 14.2. The first kappa shape index (κ1) is 21.4. The van der Waals surface area contributed by atoms with Crippen LogP contribution in [0.2, 0.25) is 0 Å². The van der Waals surface area contributed by atoms with E-state index in [1.165, 1.54) is 10.5 Å². The number of aromatic nitrogens is 1. The summed E-state index contributed by atoms with van der Waals surface area (Å²) in [7, 11) is 0. The molecular formula is C24H21BrF2N2O2. The van der Waals surface area contributed by atoms with Gasteiger partial charge in [-0.2, -0.15) is 0 Å². The molecule has 2 unspecified atom stereocenters. The first-order chi connectivity index (χ1) is 15.0. The molecule has 0 spiro atoms. The molecule has 1 aromatic heterocycles. The Morgan fingerprint density at radius 3 is 2.39 bits per heavy atom. The van der Waals surface area contributed by atoms with Crippen molar-refractivity contribution in [2.24, 2.45) is 0 Å². The van der Waals surface area contributed by atoms with Crippen molar-refractivity contribution in [3.63, 3.8) is 0 Å². The molecule has 0 radical (unpaired) electrons. The minimum atomic E-state index is -0.720. The van der Waals surface area contributed by atoms with Gasteiger partial charge < -0.3 is 9.64 Å². The number of hydrogen-bond donors (Lipinski definition) is 0. The van der Waals surface area contributed by atoms with E-state index in [0.717, 1.165) is 35.9 Å². The van der Waals surface area contributed by atoms with E-state index in [1.54, 1.807) is 0 Å². The fourth-order valence-corrected chi connectivity index (χ4v) is 4.35. The van der Waals surface area contributed by atoms with Gasteiger partial charge in [0, 0.05) is 24.4 Å². The van der Waals surface area contributed by atoms with Gasteiger partial charge in [0.2, 0.25) is 5.91 Å². The molecule has 4 rings (SSSR count). The number of anilines is 1. The van der Waals surface area contributed by atoms with Crippen LogP contribution in [0.1, 0.15) is 29.8 Å². The average Bonchev–Trinajstić information content (AvgIpc) is 2.77. The van der Waals surface area contributed by atoms with Crippen LogP contribution in [0.4, 0.5) is 14.5 Å². The van der Waals surface area contributed by atoms with Crippen molar-refractivity contribution >= 4 is 27.5 Å². The number of pyridine rings is 1. The number of halogens is 3. The van der Waals surface area contributed by atoms with Gasteiger partial charge in [-0.25, -0.2) is 8.78 Å². The summed E-state index contributed by atoms with van der Waals surface area (Å²) in [6.45, 7) is 2.59. The van der Waals surface area contributed by atoms with Crippen molar-refractivity contribution in [1.82, 2.24) is 4.98 Å². The third-order valence-corrected chi connectivity index (χ3v) is 6.19. The Morgan fingerprint density at radius 2 is 1.77 bits per heavy atom. The molecule has 0 bridgehead atoms. The third kappa shape index (κ3) is 4.61.